The van der Waals surface area contributed by atoms with Crippen LogP contribution in [-0.4, -0.2) is 76.8 Å². The van der Waals surface area contributed by atoms with Crippen LogP contribution in [0.1, 0.15) is 11.6 Å². The molecule has 0 spiro atoms. The number of morpholine rings is 1. The van der Waals surface area contributed by atoms with Crippen molar-refractivity contribution in [3.05, 3.63) is 54.1 Å². The van der Waals surface area contributed by atoms with Gasteiger partial charge in [0.15, 0.2) is 5.11 Å². The predicted molar refractivity (Wildman–Crippen MR) is 130 cm³/mol. The normalized spacial score (nSPS) is 15.9. The monoisotopic (exact) mass is 478 g/mol. The summed E-state index contributed by atoms with van der Waals surface area (Å²) in [7, 11) is 2.15. The molecule has 0 radical (unpaired) electrons. The fraction of sp³-hybridized carbons (Fsp3) is 0.409. The lowest BCUT2D eigenvalue weighted by molar-refractivity contribution is 0.0730. The molecular weight excluding hydrogens is 448 g/mol. The van der Waals surface area contributed by atoms with E-state index in [0.717, 1.165) is 11.3 Å². The molecule has 0 saturated carbocycles. The van der Waals surface area contributed by atoms with Gasteiger partial charge in [-0.15, -0.1) is 0 Å². The minimum absolute atomic E-state index is 0.0481. The molecule has 1 heterocycles. The number of methoxy groups -OCH3 is 1. The lowest BCUT2D eigenvalue weighted by Gasteiger charge is -2.27. The molecule has 0 aliphatic carbocycles. The Morgan fingerprint density at radius 2 is 1.81 bits per heavy atom. The molecule has 2 aromatic rings. The Labute approximate surface area is 195 Å². The Bertz CT molecular complexity index is 1010. The van der Waals surface area contributed by atoms with E-state index >= 15 is 0 Å². The Kier molecular flexibility index (Phi) is 8.44. The van der Waals surface area contributed by atoms with Gasteiger partial charge in [0.25, 0.3) is 0 Å². The Balaban J connectivity index is 1.61. The summed E-state index contributed by atoms with van der Waals surface area (Å²) in [6.07, 6.45) is 0. The fourth-order valence-corrected chi connectivity index (χ4v) is 5.13. The van der Waals surface area contributed by atoms with Crippen LogP contribution in [-0.2, 0) is 14.8 Å². The van der Waals surface area contributed by atoms with Crippen LogP contribution >= 0.6 is 12.2 Å². The van der Waals surface area contributed by atoms with Gasteiger partial charge in [0.1, 0.15) is 5.75 Å². The van der Waals surface area contributed by atoms with Gasteiger partial charge in [0.2, 0.25) is 10.0 Å². The molecule has 1 saturated heterocycles. The molecule has 3 rings (SSSR count). The number of anilines is 1. The minimum atomic E-state index is -3.52. The van der Waals surface area contributed by atoms with Gasteiger partial charge in [-0.3, -0.25) is 0 Å². The summed E-state index contributed by atoms with van der Waals surface area (Å²) in [6.45, 7) is 2.15. The summed E-state index contributed by atoms with van der Waals surface area (Å²) in [4.78, 5) is 2.35. The highest BCUT2D eigenvalue weighted by molar-refractivity contribution is 7.89. The molecule has 8 nitrogen and oxygen atoms in total. The molecule has 1 aliphatic rings. The van der Waals surface area contributed by atoms with Crippen molar-refractivity contribution in [3.63, 3.8) is 0 Å². The molecule has 2 aromatic carbocycles. The van der Waals surface area contributed by atoms with Crippen molar-refractivity contribution in [2.24, 2.45) is 0 Å². The number of rotatable bonds is 8. The number of nitrogens with one attached hydrogen (secondary N) is 2. The molecule has 0 aromatic heterocycles. The van der Waals surface area contributed by atoms with Crippen LogP contribution in [0, 0.1) is 0 Å². The standard InChI is InChI=1S/C22H30N4O4S2/c1-25(2)20(19-6-4-5-7-21(19)29-3)16-23-22(31)24-17-8-10-18(11-9-17)32(27,28)26-12-14-30-15-13-26/h4-11,20H,12-16H2,1-3H3,(H2,23,24,31). The van der Waals surface area contributed by atoms with Crippen molar-refractivity contribution in [2.75, 3.05) is 59.4 Å². The van der Waals surface area contributed by atoms with Gasteiger partial charge in [-0.25, -0.2) is 8.42 Å². The topological polar surface area (TPSA) is 83.1 Å². The summed E-state index contributed by atoms with van der Waals surface area (Å²) in [5.41, 5.74) is 1.77. The molecule has 0 amide bonds. The summed E-state index contributed by atoms with van der Waals surface area (Å²) in [5, 5.41) is 6.81. The fourth-order valence-electron chi connectivity index (χ4n) is 3.52. The lowest BCUT2D eigenvalue weighted by atomic mass is 10.0. The lowest BCUT2D eigenvalue weighted by Crippen LogP contribution is -2.40. The first-order chi connectivity index (χ1) is 15.3. The van der Waals surface area contributed by atoms with Gasteiger partial charge in [0, 0.05) is 30.9 Å². The van der Waals surface area contributed by atoms with Crippen molar-refractivity contribution < 1.29 is 17.9 Å². The first kappa shape index (κ1) is 24.4. The highest BCUT2D eigenvalue weighted by Crippen LogP contribution is 2.27. The molecule has 2 N–H and O–H groups in total. The van der Waals surface area contributed by atoms with E-state index in [4.69, 9.17) is 21.7 Å². The predicted octanol–water partition coefficient (Wildman–Crippen LogP) is 2.31. The van der Waals surface area contributed by atoms with E-state index in [0.29, 0.717) is 43.6 Å². The summed E-state index contributed by atoms with van der Waals surface area (Å²) in [5.74, 6) is 0.823. The molecule has 10 heteroatoms. The molecule has 0 bridgehead atoms. The van der Waals surface area contributed by atoms with Gasteiger partial charge in [0.05, 0.1) is 31.3 Å². The number of likely N-dealkylation sites (N-methyl/N-ethyl adjacent to an activating group) is 1. The van der Waals surface area contributed by atoms with Crippen LogP contribution in [0.4, 0.5) is 5.69 Å². The van der Waals surface area contributed by atoms with Crippen molar-refractivity contribution in [1.29, 1.82) is 0 Å². The smallest absolute Gasteiger partial charge is 0.243 e. The number of hydrogen-bond donors (Lipinski definition) is 2. The van der Waals surface area contributed by atoms with E-state index in [1.54, 1.807) is 31.4 Å². The van der Waals surface area contributed by atoms with Crippen molar-refractivity contribution in [1.82, 2.24) is 14.5 Å². The average Bonchev–Trinajstić information content (AvgIpc) is 2.80. The number of sulfonamides is 1. The van der Waals surface area contributed by atoms with E-state index in [-0.39, 0.29) is 10.9 Å². The Hall–Kier alpha value is -2.24. The largest absolute Gasteiger partial charge is 0.496 e. The summed E-state index contributed by atoms with van der Waals surface area (Å²) >= 11 is 5.45. The summed E-state index contributed by atoms with van der Waals surface area (Å²) in [6, 6.07) is 14.6. The number of para-hydroxylation sites is 1. The zero-order chi connectivity index (χ0) is 23.1. The average molecular weight is 479 g/mol. The van der Waals surface area contributed by atoms with E-state index in [1.165, 1.54) is 4.31 Å². The maximum Gasteiger partial charge on any atom is 0.243 e. The minimum Gasteiger partial charge on any atom is -0.496 e. The molecule has 1 fully saturated rings. The number of ether oxygens (including phenoxy) is 2. The van der Waals surface area contributed by atoms with Crippen LogP contribution < -0.4 is 15.4 Å². The van der Waals surface area contributed by atoms with Crippen LogP contribution in [0.15, 0.2) is 53.4 Å². The number of nitrogens with zero attached hydrogens (tertiary/aromatic N) is 2. The van der Waals surface area contributed by atoms with Crippen LogP contribution in [0.2, 0.25) is 0 Å². The first-order valence-corrected chi connectivity index (χ1v) is 12.2. The molecular formula is C22H30N4O4S2. The van der Waals surface area contributed by atoms with Gasteiger partial charge < -0.3 is 25.0 Å². The van der Waals surface area contributed by atoms with Crippen LogP contribution in [0.5, 0.6) is 5.75 Å². The third-order valence-electron chi connectivity index (χ3n) is 5.30. The van der Waals surface area contributed by atoms with Crippen LogP contribution in [0.25, 0.3) is 0 Å². The van der Waals surface area contributed by atoms with Crippen molar-refractivity contribution in [2.45, 2.75) is 10.9 Å². The Morgan fingerprint density at radius 3 is 2.44 bits per heavy atom. The number of benzene rings is 2. The highest BCUT2D eigenvalue weighted by atomic mass is 32.2. The zero-order valence-electron chi connectivity index (χ0n) is 18.6. The van der Waals surface area contributed by atoms with Crippen molar-refractivity contribution in [3.8, 4) is 5.75 Å². The second kappa shape index (κ2) is 11.1. The Morgan fingerprint density at radius 1 is 1.16 bits per heavy atom. The first-order valence-electron chi connectivity index (χ1n) is 10.3. The quantitative estimate of drug-likeness (QED) is 0.560. The molecule has 1 aliphatic heterocycles. The highest BCUT2D eigenvalue weighted by Gasteiger charge is 2.26. The van der Waals surface area contributed by atoms with Crippen LogP contribution in [0.3, 0.4) is 0 Å². The second-order valence-corrected chi connectivity index (χ2v) is 9.94. The second-order valence-electron chi connectivity index (χ2n) is 7.60. The molecule has 32 heavy (non-hydrogen) atoms. The SMILES string of the molecule is COc1ccccc1C(CNC(=S)Nc1ccc(S(=O)(=O)N2CCOCC2)cc1)N(C)C. The number of hydrogen-bond acceptors (Lipinski definition) is 6. The van der Waals surface area contributed by atoms with Gasteiger partial charge in [-0.1, -0.05) is 18.2 Å². The summed E-state index contributed by atoms with van der Waals surface area (Å²) < 4.78 is 37.7. The van der Waals surface area contributed by atoms with Gasteiger partial charge >= 0.3 is 0 Å². The zero-order valence-corrected chi connectivity index (χ0v) is 20.2. The third kappa shape index (κ3) is 5.96. The van der Waals surface area contributed by atoms with Gasteiger partial charge in [-0.2, -0.15) is 4.31 Å². The molecule has 1 atom stereocenters. The van der Waals surface area contributed by atoms with E-state index in [1.807, 2.05) is 38.4 Å². The molecule has 1 unspecified atom stereocenters. The third-order valence-corrected chi connectivity index (χ3v) is 7.46. The van der Waals surface area contributed by atoms with Gasteiger partial charge in [-0.05, 0) is 56.6 Å². The maximum absolute atomic E-state index is 12.7. The van der Waals surface area contributed by atoms with Crippen molar-refractivity contribution >= 4 is 33.0 Å². The van der Waals surface area contributed by atoms with E-state index < -0.39 is 10.0 Å². The maximum atomic E-state index is 12.7. The number of thiocarbonyl (C=S) groups is 1. The van der Waals surface area contributed by atoms with E-state index in [2.05, 4.69) is 15.5 Å². The molecule has 174 valence electrons. The van der Waals surface area contributed by atoms with E-state index in [9.17, 15) is 8.42 Å².